The van der Waals surface area contributed by atoms with Gasteiger partial charge in [0.2, 0.25) is 5.91 Å². The highest BCUT2D eigenvalue weighted by Gasteiger charge is 2.17. The molecule has 6 heteroatoms. The Kier molecular flexibility index (Phi) is 8.10. The van der Waals surface area contributed by atoms with Gasteiger partial charge in [-0.15, -0.1) is 0 Å². The van der Waals surface area contributed by atoms with E-state index >= 15 is 0 Å². The molecule has 1 fully saturated rings. The zero-order valence-electron chi connectivity index (χ0n) is 16.7. The maximum atomic E-state index is 11.9. The fourth-order valence-electron chi connectivity index (χ4n) is 2.94. The van der Waals surface area contributed by atoms with Gasteiger partial charge < -0.3 is 14.8 Å². The number of rotatable bonds is 7. The molecule has 1 aliphatic heterocycles. The minimum atomic E-state index is -0.516. The van der Waals surface area contributed by atoms with Crippen LogP contribution in [0.4, 0.5) is 10.5 Å². The Morgan fingerprint density at radius 2 is 1.93 bits per heavy atom. The van der Waals surface area contributed by atoms with Crippen LogP contribution < -0.4 is 10.6 Å². The van der Waals surface area contributed by atoms with Gasteiger partial charge in [-0.3, -0.25) is 10.1 Å². The number of nitrogens with one attached hydrogen (secondary N) is 2. The zero-order valence-corrected chi connectivity index (χ0v) is 16.7. The molecule has 0 aliphatic carbocycles. The molecule has 6 nitrogen and oxygen atoms in total. The quantitative estimate of drug-likeness (QED) is 0.704. The Hall–Kier alpha value is -2.08. The van der Waals surface area contributed by atoms with Crippen molar-refractivity contribution < 1.29 is 19.1 Å². The first-order valence-electron chi connectivity index (χ1n) is 9.79. The van der Waals surface area contributed by atoms with Gasteiger partial charge in [0.25, 0.3) is 0 Å². The van der Waals surface area contributed by atoms with Crippen molar-refractivity contribution in [1.29, 1.82) is 0 Å². The molecule has 2 rings (SSSR count). The minimum Gasteiger partial charge on any atom is -0.444 e. The number of carbonyl (C=O) groups excluding carboxylic acids is 2. The van der Waals surface area contributed by atoms with E-state index in [1.807, 2.05) is 45.0 Å². The van der Waals surface area contributed by atoms with E-state index in [1.54, 1.807) is 0 Å². The number of hydrogen-bond acceptors (Lipinski definition) is 4. The zero-order chi connectivity index (χ0) is 19.7. The maximum Gasteiger partial charge on any atom is 0.412 e. The Morgan fingerprint density at radius 3 is 2.56 bits per heavy atom. The second-order valence-electron chi connectivity index (χ2n) is 7.97. The third kappa shape index (κ3) is 8.91. The molecule has 2 N–H and O–H groups in total. The Bertz CT molecular complexity index is 602. The summed E-state index contributed by atoms with van der Waals surface area (Å²) in [6.45, 7) is 6.92. The molecule has 1 heterocycles. The summed E-state index contributed by atoms with van der Waals surface area (Å²) < 4.78 is 10.8. The fourth-order valence-corrected chi connectivity index (χ4v) is 2.94. The van der Waals surface area contributed by atoms with E-state index in [0.29, 0.717) is 18.7 Å². The molecule has 150 valence electrons. The first kappa shape index (κ1) is 21.2. The van der Waals surface area contributed by atoms with Gasteiger partial charge in [0.1, 0.15) is 5.60 Å². The molecule has 1 aromatic rings. The lowest BCUT2D eigenvalue weighted by atomic mass is 10.1. The Balaban J connectivity index is 1.63. The van der Waals surface area contributed by atoms with Crippen molar-refractivity contribution >= 4 is 17.7 Å². The molecule has 0 saturated carbocycles. The summed E-state index contributed by atoms with van der Waals surface area (Å²) in [5.74, 6) is 0.0683. The largest absolute Gasteiger partial charge is 0.444 e. The van der Waals surface area contributed by atoms with E-state index in [9.17, 15) is 9.59 Å². The van der Waals surface area contributed by atoms with E-state index < -0.39 is 11.7 Å². The van der Waals surface area contributed by atoms with Gasteiger partial charge in [0, 0.05) is 18.8 Å². The normalized spacial score (nSPS) is 17.2. The fraction of sp³-hybridized carbons (Fsp3) is 0.619. The molecule has 1 unspecified atom stereocenters. The number of aryl methyl sites for hydroxylation is 1. The maximum absolute atomic E-state index is 11.9. The topological polar surface area (TPSA) is 76.7 Å². The highest BCUT2D eigenvalue weighted by atomic mass is 16.6. The van der Waals surface area contributed by atoms with Crippen LogP contribution in [0.25, 0.3) is 0 Å². The van der Waals surface area contributed by atoms with Crippen LogP contribution in [-0.2, 0) is 20.7 Å². The van der Waals surface area contributed by atoms with Crippen molar-refractivity contribution in [2.45, 2.75) is 71.0 Å². The Morgan fingerprint density at radius 1 is 1.19 bits per heavy atom. The van der Waals surface area contributed by atoms with Gasteiger partial charge in [0.05, 0.1) is 12.5 Å². The lowest BCUT2D eigenvalue weighted by molar-refractivity contribution is -0.124. The van der Waals surface area contributed by atoms with Crippen LogP contribution in [0, 0.1) is 0 Å². The average molecular weight is 376 g/mol. The minimum absolute atomic E-state index is 0.0683. The van der Waals surface area contributed by atoms with Crippen molar-refractivity contribution in [1.82, 2.24) is 5.32 Å². The third-order valence-electron chi connectivity index (χ3n) is 4.25. The van der Waals surface area contributed by atoms with E-state index in [2.05, 4.69) is 10.6 Å². The van der Waals surface area contributed by atoms with Gasteiger partial charge in [-0.05, 0) is 70.6 Å². The molecular weight excluding hydrogens is 344 g/mol. The molecule has 2 amide bonds. The molecule has 27 heavy (non-hydrogen) atoms. The lowest BCUT2D eigenvalue weighted by Gasteiger charge is -2.21. The summed E-state index contributed by atoms with van der Waals surface area (Å²) in [4.78, 5) is 23.7. The highest BCUT2D eigenvalue weighted by molar-refractivity contribution is 5.84. The molecule has 0 aromatic heterocycles. The van der Waals surface area contributed by atoms with Gasteiger partial charge >= 0.3 is 6.09 Å². The molecule has 1 saturated heterocycles. The van der Waals surface area contributed by atoms with Gasteiger partial charge in [-0.1, -0.05) is 12.1 Å². The molecule has 1 aromatic carbocycles. The van der Waals surface area contributed by atoms with E-state index in [0.717, 1.165) is 44.3 Å². The molecule has 0 radical (unpaired) electrons. The van der Waals surface area contributed by atoms with Crippen LogP contribution in [0.3, 0.4) is 0 Å². The SMILES string of the molecule is CC(C)(C)OC(=O)Nc1ccc(CCCNC(=O)CC2CCCCO2)cc1. The van der Waals surface area contributed by atoms with Crippen molar-refractivity contribution in [3.8, 4) is 0 Å². The number of carbonyl (C=O) groups is 2. The second kappa shape index (κ2) is 10.3. The van der Waals surface area contributed by atoms with Crippen molar-refractivity contribution in [3.05, 3.63) is 29.8 Å². The second-order valence-corrected chi connectivity index (χ2v) is 7.97. The molecular formula is C21H32N2O4. The first-order valence-corrected chi connectivity index (χ1v) is 9.79. The highest BCUT2D eigenvalue weighted by Crippen LogP contribution is 2.16. The van der Waals surface area contributed by atoms with Crippen LogP contribution in [0.15, 0.2) is 24.3 Å². The summed E-state index contributed by atoms with van der Waals surface area (Å²) in [7, 11) is 0. The lowest BCUT2D eigenvalue weighted by Crippen LogP contribution is -2.31. The van der Waals surface area contributed by atoms with Crippen molar-refractivity contribution in [2.24, 2.45) is 0 Å². The van der Waals surface area contributed by atoms with Crippen molar-refractivity contribution in [3.63, 3.8) is 0 Å². The van der Waals surface area contributed by atoms with E-state index in [-0.39, 0.29) is 12.0 Å². The Labute approximate surface area is 162 Å². The molecule has 1 atom stereocenters. The van der Waals surface area contributed by atoms with E-state index in [4.69, 9.17) is 9.47 Å². The smallest absolute Gasteiger partial charge is 0.412 e. The van der Waals surface area contributed by atoms with Gasteiger partial charge in [-0.25, -0.2) is 4.79 Å². The number of benzene rings is 1. The van der Waals surface area contributed by atoms with Crippen LogP contribution in [-0.4, -0.2) is 36.9 Å². The monoisotopic (exact) mass is 376 g/mol. The molecule has 0 spiro atoms. The molecule has 0 bridgehead atoms. The summed E-state index contributed by atoms with van der Waals surface area (Å²) in [5.41, 5.74) is 1.35. The summed E-state index contributed by atoms with van der Waals surface area (Å²) in [5, 5.41) is 5.68. The van der Waals surface area contributed by atoms with Gasteiger partial charge in [0.15, 0.2) is 0 Å². The van der Waals surface area contributed by atoms with Crippen LogP contribution in [0.1, 0.15) is 58.4 Å². The van der Waals surface area contributed by atoms with Gasteiger partial charge in [-0.2, -0.15) is 0 Å². The standard InChI is InChI=1S/C21H32N2O4/c1-21(2,3)27-20(25)23-17-11-9-16(10-12-17)7-6-13-22-19(24)15-18-8-4-5-14-26-18/h9-12,18H,4-8,13-15H2,1-3H3,(H,22,24)(H,23,25). The number of ether oxygens (including phenoxy) is 2. The number of hydrogen-bond donors (Lipinski definition) is 2. The summed E-state index contributed by atoms with van der Waals surface area (Å²) in [6.07, 6.45) is 5.07. The predicted molar refractivity (Wildman–Crippen MR) is 106 cm³/mol. The average Bonchev–Trinajstić information content (AvgIpc) is 2.59. The number of anilines is 1. The summed E-state index contributed by atoms with van der Waals surface area (Å²) in [6, 6.07) is 7.67. The summed E-state index contributed by atoms with van der Waals surface area (Å²) >= 11 is 0. The van der Waals surface area contributed by atoms with Crippen molar-refractivity contribution in [2.75, 3.05) is 18.5 Å². The van der Waals surface area contributed by atoms with Crippen LogP contribution >= 0.6 is 0 Å². The van der Waals surface area contributed by atoms with E-state index in [1.165, 1.54) is 0 Å². The molecule has 1 aliphatic rings. The van der Waals surface area contributed by atoms with Crippen LogP contribution in [0.2, 0.25) is 0 Å². The first-order chi connectivity index (χ1) is 12.8. The number of amides is 2. The third-order valence-corrected chi connectivity index (χ3v) is 4.25. The predicted octanol–water partition coefficient (Wildman–Crippen LogP) is 4.04. The van der Waals surface area contributed by atoms with Crippen LogP contribution in [0.5, 0.6) is 0 Å².